The zero-order chi connectivity index (χ0) is 28.2. The number of hydrogen-bond donors (Lipinski definition) is 2. The van der Waals surface area contributed by atoms with Crippen LogP contribution in [0.5, 0.6) is 0 Å². The van der Waals surface area contributed by atoms with Crippen molar-refractivity contribution in [3.63, 3.8) is 0 Å². The Balaban J connectivity index is 1.11. The number of aromatic nitrogens is 2. The highest BCUT2D eigenvalue weighted by molar-refractivity contribution is 7.14. The lowest BCUT2D eigenvalue weighted by molar-refractivity contribution is 0.0955. The van der Waals surface area contributed by atoms with E-state index in [1.165, 1.54) is 23.5 Å². The number of carbonyl (C=O) groups excluding carboxylic acids is 1. The molecular formula is C32H23ClFN5OS. The number of nitrogens with one attached hydrogen (secondary N) is 2. The number of benzene rings is 4. The molecule has 6 nitrogen and oxygen atoms in total. The second-order valence-corrected chi connectivity index (χ2v) is 10.6. The quantitative estimate of drug-likeness (QED) is 0.141. The fourth-order valence-electron chi connectivity index (χ4n) is 4.43. The predicted molar refractivity (Wildman–Crippen MR) is 165 cm³/mol. The van der Waals surface area contributed by atoms with Crippen molar-refractivity contribution in [2.45, 2.75) is 6.54 Å². The van der Waals surface area contributed by atoms with Crippen LogP contribution in [0.3, 0.4) is 0 Å². The van der Waals surface area contributed by atoms with E-state index in [-0.39, 0.29) is 11.7 Å². The number of halogens is 2. The maximum atomic E-state index is 13.3. The van der Waals surface area contributed by atoms with Gasteiger partial charge in [0.1, 0.15) is 5.82 Å². The van der Waals surface area contributed by atoms with Crippen LogP contribution < -0.4 is 10.7 Å². The Morgan fingerprint density at radius 2 is 1.73 bits per heavy atom. The third-order valence-electron chi connectivity index (χ3n) is 6.50. The first-order valence-electron chi connectivity index (χ1n) is 12.8. The van der Waals surface area contributed by atoms with Crippen molar-refractivity contribution in [3.8, 4) is 11.3 Å². The number of carbonyl (C=O) groups is 1. The lowest BCUT2D eigenvalue weighted by Gasteiger charge is -2.05. The molecule has 2 N–H and O–H groups in total. The molecule has 0 spiro atoms. The predicted octanol–water partition coefficient (Wildman–Crippen LogP) is 8.11. The molecule has 6 rings (SSSR count). The highest BCUT2D eigenvalue weighted by Crippen LogP contribution is 2.28. The van der Waals surface area contributed by atoms with E-state index in [2.05, 4.69) is 25.4 Å². The second-order valence-electron chi connectivity index (χ2n) is 9.30. The third-order valence-corrected chi connectivity index (χ3v) is 7.51. The molecule has 2 aromatic heterocycles. The molecule has 202 valence electrons. The summed E-state index contributed by atoms with van der Waals surface area (Å²) in [6, 6.07) is 29.1. The van der Waals surface area contributed by atoms with Gasteiger partial charge >= 0.3 is 0 Å². The van der Waals surface area contributed by atoms with Gasteiger partial charge < -0.3 is 9.88 Å². The van der Waals surface area contributed by atoms with Gasteiger partial charge in [-0.2, -0.15) is 5.10 Å². The van der Waals surface area contributed by atoms with Gasteiger partial charge in [0.2, 0.25) is 0 Å². The minimum absolute atomic E-state index is 0.260. The van der Waals surface area contributed by atoms with Gasteiger partial charge in [0.25, 0.3) is 5.91 Å². The summed E-state index contributed by atoms with van der Waals surface area (Å²) in [5.41, 5.74) is 8.60. The molecule has 0 bridgehead atoms. The lowest BCUT2D eigenvalue weighted by Crippen LogP contribution is -2.17. The first-order valence-corrected chi connectivity index (χ1v) is 14.0. The summed E-state index contributed by atoms with van der Waals surface area (Å²) >= 11 is 7.45. The summed E-state index contributed by atoms with van der Waals surface area (Å²) in [5.74, 6) is -0.574. The number of para-hydroxylation sites is 1. The monoisotopic (exact) mass is 579 g/mol. The van der Waals surface area contributed by atoms with Crippen LogP contribution in [0.15, 0.2) is 114 Å². The van der Waals surface area contributed by atoms with Gasteiger partial charge in [0.15, 0.2) is 5.13 Å². The Morgan fingerprint density at radius 3 is 2.51 bits per heavy atom. The smallest absolute Gasteiger partial charge is 0.271 e. The van der Waals surface area contributed by atoms with E-state index < -0.39 is 0 Å². The molecule has 0 unspecified atom stereocenters. The summed E-state index contributed by atoms with van der Waals surface area (Å²) in [5, 5.41) is 11.9. The van der Waals surface area contributed by atoms with Gasteiger partial charge in [-0.05, 0) is 60.2 Å². The van der Waals surface area contributed by atoms with Crippen LogP contribution in [0.4, 0.5) is 15.2 Å². The number of anilines is 2. The summed E-state index contributed by atoms with van der Waals surface area (Å²) in [4.78, 5) is 17.4. The number of hydrazone groups is 1. The fraction of sp³-hybridized carbons (Fsp3) is 0.0312. The molecule has 6 aromatic rings. The molecule has 1 amide bonds. The molecular weight excluding hydrogens is 557 g/mol. The van der Waals surface area contributed by atoms with E-state index in [1.54, 1.807) is 30.5 Å². The third kappa shape index (κ3) is 6.19. The Morgan fingerprint density at radius 1 is 0.976 bits per heavy atom. The molecule has 41 heavy (non-hydrogen) atoms. The molecule has 0 atom stereocenters. The van der Waals surface area contributed by atoms with Crippen molar-refractivity contribution in [1.82, 2.24) is 15.0 Å². The topological polar surface area (TPSA) is 71.3 Å². The van der Waals surface area contributed by atoms with Crippen molar-refractivity contribution in [2.75, 3.05) is 5.32 Å². The van der Waals surface area contributed by atoms with Crippen LogP contribution in [-0.4, -0.2) is 21.7 Å². The van der Waals surface area contributed by atoms with Crippen LogP contribution in [0.25, 0.3) is 22.2 Å². The van der Waals surface area contributed by atoms with Gasteiger partial charge in [-0.15, -0.1) is 11.3 Å². The summed E-state index contributed by atoms with van der Waals surface area (Å²) < 4.78 is 15.4. The maximum Gasteiger partial charge on any atom is 0.271 e. The molecule has 0 aliphatic heterocycles. The standard InChI is InChI=1S/C32H23ClFN5OS/c33-25-11-15-27(16-12-25)36-32-37-29(20-41-32)22-7-9-23(10-8-22)31(40)38-35-17-24-19-39(30-4-2-1-3-28(24)30)18-21-5-13-26(34)14-6-21/h1-17,19-20H,18H2,(H,36,37)(H,38,40)/b35-17-. The SMILES string of the molecule is O=C(N/N=C\c1cn(Cc2ccc(F)cc2)c2ccccc12)c1ccc(-c2csc(Nc3ccc(Cl)cc3)n2)cc1. The van der Waals surface area contributed by atoms with Crippen LogP contribution in [0.2, 0.25) is 5.02 Å². The number of hydrogen-bond acceptors (Lipinski definition) is 5. The van der Waals surface area contributed by atoms with Crippen molar-refractivity contribution in [3.05, 3.63) is 136 Å². The average molecular weight is 580 g/mol. The van der Waals surface area contributed by atoms with Crippen molar-refractivity contribution in [1.29, 1.82) is 0 Å². The van der Waals surface area contributed by atoms with Crippen LogP contribution in [0.1, 0.15) is 21.5 Å². The molecule has 0 aliphatic carbocycles. The van der Waals surface area contributed by atoms with E-state index in [9.17, 15) is 9.18 Å². The minimum Gasteiger partial charge on any atom is -0.342 e. The summed E-state index contributed by atoms with van der Waals surface area (Å²) in [6.07, 6.45) is 3.61. The number of rotatable bonds is 8. The summed E-state index contributed by atoms with van der Waals surface area (Å²) in [7, 11) is 0. The Labute approximate surface area is 244 Å². The molecule has 0 radical (unpaired) electrons. The molecule has 0 saturated carbocycles. The fourth-order valence-corrected chi connectivity index (χ4v) is 5.30. The van der Waals surface area contributed by atoms with Gasteiger partial charge in [-0.3, -0.25) is 4.79 Å². The largest absolute Gasteiger partial charge is 0.342 e. The van der Waals surface area contributed by atoms with Crippen LogP contribution in [-0.2, 0) is 6.54 Å². The molecule has 4 aromatic carbocycles. The Bertz CT molecular complexity index is 1840. The van der Waals surface area contributed by atoms with Crippen molar-refractivity contribution in [2.24, 2.45) is 5.10 Å². The summed E-state index contributed by atoms with van der Waals surface area (Å²) in [6.45, 7) is 0.588. The maximum absolute atomic E-state index is 13.3. The van der Waals surface area contributed by atoms with Gasteiger partial charge in [0, 0.05) is 56.4 Å². The van der Waals surface area contributed by atoms with Crippen molar-refractivity contribution >= 4 is 56.8 Å². The molecule has 9 heteroatoms. The van der Waals surface area contributed by atoms with Gasteiger partial charge in [-0.25, -0.2) is 14.8 Å². The van der Waals surface area contributed by atoms with E-state index in [1.807, 2.05) is 72.2 Å². The number of nitrogens with zero attached hydrogens (tertiary/aromatic N) is 3. The zero-order valence-corrected chi connectivity index (χ0v) is 23.2. The molecule has 0 aliphatic rings. The first kappa shape index (κ1) is 26.4. The highest BCUT2D eigenvalue weighted by atomic mass is 35.5. The van der Waals surface area contributed by atoms with Gasteiger partial charge in [0.05, 0.1) is 11.9 Å². The second kappa shape index (κ2) is 11.8. The zero-order valence-electron chi connectivity index (χ0n) is 21.6. The number of thiazole rings is 1. The highest BCUT2D eigenvalue weighted by Gasteiger charge is 2.10. The normalized spacial score (nSPS) is 11.3. The van der Waals surface area contributed by atoms with Gasteiger partial charge in [-0.1, -0.05) is 54.1 Å². The van der Waals surface area contributed by atoms with Crippen LogP contribution in [0, 0.1) is 5.82 Å². The van der Waals surface area contributed by atoms with Crippen LogP contribution >= 0.6 is 22.9 Å². The van der Waals surface area contributed by atoms with E-state index in [4.69, 9.17) is 11.6 Å². The molecule has 2 heterocycles. The van der Waals surface area contributed by atoms with E-state index in [0.29, 0.717) is 17.1 Å². The number of fused-ring (bicyclic) bond motifs is 1. The lowest BCUT2D eigenvalue weighted by atomic mass is 10.1. The number of amides is 1. The van der Waals surface area contributed by atoms with E-state index in [0.717, 1.165) is 44.1 Å². The first-order chi connectivity index (χ1) is 20.0. The van der Waals surface area contributed by atoms with Crippen molar-refractivity contribution < 1.29 is 9.18 Å². The average Bonchev–Trinajstić information content (AvgIpc) is 3.60. The molecule has 0 fully saturated rings. The molecule has 0 saturated heterocycles. The minimum atomic E-state index is -0.314. The Hall–Kier alpha value is -4.79. The van der Waals surface area contributed by atoms with E-state index >= 15 is 0 Å². The Kier molecular flexibility index (Phi) is 7.58.